The molecule has 2 aromatic heterocycles. The minimum atomic E-state index is -0.0805. The molecule has 0 amide bonds. The number of halogens is 1. The van der Waals surface area contributed by atoms with Gasteiger partial charge in [0.05, 0.1) is 12.3 Å². The van der Waals surface area contributed by atoms with E-state index in [1.807, 2.05) is 45.0 Å². The van der Waals surface area contributed by atoms with Crippen molar-refractivity contribution in [1.82, 2.24) is 9.97 Å². The van der Waals surface area contributed by atoms with Gasteiger partial charge in [-0.2, -0.15) is 0 Å². The number of aliphatic hydroxyl groups excluding tert-OH is 1. The molecule has 0 radical (unpaired) electrons. The van der Waals surface area contributed by atoms with Gasteiger partial charge in [-0.3, -0.25) is 0 Å². The van der Waals surface area contributed by atoms with E-state index in [-0.39, 0.29) is 12.5 Å². The maximum absolute atomic E-state index is 9.25. The van der Waals surface area contributed by atoms with Crippen LogP contribution < -0.4 is 0 Å². The van der Waals surface area contributed by atoms with Crippen LogP contribution in [-0.4, -0.2) is 15.1 Å². The third-order valence-corrected chi connectivity index (χ3v) is 6.10. The molecular formula is C28H33IN2O3. The third-order valence-electron chi connectivity index (χ3n) is 5.38. The lowest BCUT2D eigenvalue weighted by Crippen LogP contribution is -1.92. The van der Waals surface area contributed by atoms with E-state index in [1.54, 1.807) is 0 Å². The summed E-state index contributed by atoms with van der Waals surface area (Å²) in [4.78, 5) is 8.91. The topological polar surface area (TPSA) is 72.3 Å². The number of oxazole rings is 2. The largest absolute Gasteiger partial charge is 0.441 e. The van der Waals surface area contributed by atoms with Crippen LogP contribution in [0.4, 0.5) is 0 Å². The fraction of sp³-hybridized carbons (Fsp3) is 0.357. The zero-order valence-electron chi connectivity index (χ0n) is 20.7. The molecule has 2 aromatic carbocycles. The van der Waals surface area contributed by atoms with E-state index >= 15 is 0 Å². The number of aliphatic hydroxyl groups is 1. The van der Waals surface area contributed by atoms with Gasteiger partial charge in [-0.1, -0.05) is 85.7 Å². The van der Waals surface area contributed by atoms with E-state index in [1.165, 1.54) is 11.1 Å². The monoisotopic (exact) mass is 572 g/mol. The maximum Gasteiger partial charge on any atom is 0.226 e. The Hall–Kier alpha value is -2.45. The molecule has 0 atom stereocenters. The van der Waals surface area contributed by atoms with Gasteiger partial charge in [0, 0.05) is 27.4 Å². The molecule has 6 heteroatoms. The number of benzene rings is 2. The zero-order valence-corrected chi connectivity index (χ0v) is 22.9. The van der Waals surface area contributed by atoms with Crippen LogP contribution in [0.15, 0.2) is 57.4 Å². The van der Waals surface area contributed by atoms with Crippen LogP contribution >= 0.6 is 22.6 Å². The molecule has 4 aromatic rings. The van der Waals surface area contributed by atoms with Crippen molar-refractivity contribution in [3.05, 3.63) is 82.6 Å². The number of alkyl halides is 1. The average molecular weight is 572 g/mol. The predicted octanol–water partition coefficient (Wildman–Crippen LogP) is 7.97. The van der Waals surface area contributed by atoms with E-state index in [4.69, 9.17) is 8.83 Å². The molecule has 0 bridgehead atoms. The van der Waals surface area contributed by atoms with Crippen LogP contribution in [0.3, 0.4) is 0 Å². The quantitative estimate of drug-likeness (QED) is 0.187. The number of hydrogen-bond acceptors (Lipinski definition) is 5. The summed E-state index contributed by atoms with van der Waals surface area (Å²) >= 11 is 2.33. The molecule has 1 N–H and O–H groups in total. The first-order valence-corrected chi connectivity index (χ1v) is 13.1. The summed E-state index contributed by atoms with van der Waals surface area (Å²) in [5, 5.41) is 9.25. The Labute approximate surface area is 215 Å². The summed E-state index contributed by atoms with van der Waals surface area (Å²) in [6, 6.07) is 16.3. The highest BCUT2D eigenvalue weighted by Gasteiger charge is 2.17. The van der Waals surface area contributed by atoms with Crippen molar-refractivity contribution < 1.29 is 13.9 Å². The summed E-state index contributed by atoms with van der Waals surface area (Å²) in [5.74, 6) is 3.70. The van der Waals surface area contributed by atoms with Crippen molar-refractivity contribution in [3.8, 4) is 22.9 Å². The highest BCUT2D eigenvalue weighted by Crippen LogP contribution is 2.29. The smallest absolute Gasteiger partial charge is 0.226 e. The normalized spacial score (nSPS) is 11.1. The molecular weight excluding hydrogens is 539 g/mol. The Morgan fingerprint density at radius 1 is 0.706 bits per heavy atom. The van der Waals surface area contributed by atoms with Gasteiger partial charge in [0.15, 0.2) is 0 Å². The minimum Gasteiger partial charge on any atom is -0.441 e. The lowest BCUT2D eigenvalue weighted by atomic mass is 10.1. The third kappa shape index (κ3) is 6.36. The van der Waals surface area contributed by atoms with Gasteiger partial charge in [-0.15, -0.1) is 0 Å². The zero-order chi connectivity index (χ0) is 24.8. The van der Waals surface area contributed by atoms with Crippen LogP contribution in [0.5, 0.6) is 0 Å². The second-order valence-electron chi connectivity index (χ2n) is 8.99. The average Bonchev–Trinajstić information content (AvgIpc) is 3.45. The standard InChI is InChI=1S/C14H16INO.C14H17NO2/c1-9(2)13-12(8-15)16-14(17-13)11-6-4-10(3)5-7-11;1-9(2)13-12(8-16)15-14(17-13)11-6-4-10(3)5-7-11/h4-7,9H,8H2,1-3H3;4-7,9,16H,8H2,1-3H3. The molecule has 0 saturated heterocycles. The van der Waals surface area contributed by atoms with Crippen LogP contribution in [0, 0.1) is 13.8 Å². The molecule has 5 nitrogen and oxygen atoms in total. The summed E-state index contributed by atoms with van der Waals surface area (Å²) in [5.41, 5.74) is 6.14. The van der Waals surface area contributed by atoms with Gasteiger partial charge in [0.25, 0.3) is 0 Å². The van der Waals surface area contributed by atoms with Crippen LogP contribution in [0.25, 0.3) is 22.9 Å². The molecule has 0 saturated carbocycles. The Morgan fingerprint density at radius 2 is 1.09 bits per heavy atom. The predicted molar refractivity (Wildman–Crippen MR) is 145 cm³/mol. The summed E-state index contributed by atoms with van der Waals surface area (Å²) < 4.78 is 12.5. The fourth-order valence-electron chi connectivity index (χ4n) is 3.48. The van der Waals surface area contributed by atoms with E-state index < -0.39 is 0 Å². The van der Waals surface area contributed by atoms with Gasteiger partial charge >= 0.3 is 0 Å². The summed E-state index contributed by atoms with van der Waals surface area (Å²) in [6.45, 7) is 12.4. The van der Waals surface area contributed by atoms with E-state index in [0.717, 1.165) is 38.7 Å². The van der Waals surface area contributed by atoms with E-state index in [0.29, 0.717) is 17.5 Å². The van der Waals surface area contributed by atoms with Crippen molar-refractivity contribution >= 4 is 22.6 Å². The van der Waals surface area contributed by atoms with Crippen LogP contribution in [0.1, 0.15) is 73.6 Å². The van der Waals surface area contributed by atoms with Crippen molar-refractivity contribution in [2.24, 2.45) is 0 Å². The summed E-state index contributed by atoms with van der Waals surface area (Å²) in [6.07, 6.45) is 0. The van der Waals surface area contributed by atoms with E-state index in [2.05, 4.69) is 77.6 Å². The van der Waals surface area contributed by atoms with Crippen molar-refractivity contribution in [2.45, 2.75) is 64.4 Å². The molecule has 4 rings (SSSR count). The highest BCUT2D eigenvalue weighted by molar-refractivity contribution is 14.1. The first-order valence-electron chi connectivity index (χ1n) is 11.5. The molecule has 0 fully saturated rings. The van der Waals surface area contributed by atoms with E-state index in [9.17, 15) is 5.11 Å². The molecule has 180 valence electrons. The molecule has 0 aliphatic rings. The van der Waals surface area contributed by atoms with Crippen molar-refractivity contribution in [1.29, 1.82) is 0 Å². The summed E-state index contributed by atoms with van der Waals surface area (Å²) in [7, 11) is 0. The van der Waals surface area contributed by atoms with Gasteiger partial charge in [0.1, 0.15) is 17.2 Å². The number of aromatic nitrogens is 2. The highest BCUT2D eigenvalue weighted by atomic mass is 127. The number of rotatable bonds is 6. The molecule has 0 aliphatic heterocycles. The molecule has 0 spiro atoms. The second kappa shape index (κ2) is 11.8. The molecule has 2 heterocycles. The van der Waals surface area contributed by atoms with Crippen LogP contribution in [0.2, 0.25) is 0 Å². The Kier molecular flexibility index (Phi) is 9.08. The SMILES string of the molecule is Cc1ccc(-c2nc(CI)c(C(C)C)o2)cc1.Cc1ccc(-c2nc(CO)c(C(C)C)o2)cc1. The first-order chi connectivity index (χ1) is 16.2. The van der Waals surface area contributed by atoms with Gasteiger partial charge in [0.2, 0.25) is 11.8 Å². The molecule has 0 aliphatic carbocycles. The number of aryl methyl sites for hydroxylation is 2. The second-order valence-corrected chi connectivity index (χ2v) is 9.76. The van der Waals surface area contributed by atoms with Crippen molar-refractivity contribution in [2.75, 3.05) is 0 Å². The Bertz CT molecular complexity index is 1090. The minimum absolute atomic E-state index is 0.0805. The van der Waals surface area contributed by atoms with Gasteiger partial charge in [-0.25, -0.2) is 9.97 Å². The van der Waals surface area contributed by atoms with Crippen molar-refractivity contribution in [3.63, 3.8) is 0 Å². The molecule has 0 unspecified atom stereocenters. The Morgan fingerprint density at radius 3 is 1.38 bits per heavy atom. The van der Waals surface area contributed by atoms with Crippen LogP contribution in [-0.2, 0) is 11.0 Å². The van der Waals surface area contributed by atoms with Gasteiger partial charge in [-0.05, 0) is 38.1 Å². The lowest BCUT2D eigenvalue weighted by molar-refractivity contribution is 0.273. The lowest BCUT2D eigenvalue weighted by Gasteiger charge is -2.00. The van der Waals surface area contributed by atoms with Gasteiger partial charge < -0.3 is 13.9 Å². The Balaban J connectivity index is 0.000000191. The molecule has 34 heavy (non-hydrogen) atoms. The first kappa shape index (κ1) is 26.2. The number of hydrogen-bond donors (Lipinski definition) is 1. The fourth-order valence-corrected chi connectivity index (χ4v) is 4.02. The number of nitrogens with zero attached hydrogens (tertiary/aromatic N) is 2. The maximum atomic E-state index is 9.25.